The quantitative estimate of drug-likeness (QED) is 0.868. The number of hydrogen-bond acceptors (Lipinski definition) is 2. The highest BCUT2D eigenvalue weighted by Gasteiger charge is 2.31. The summed E-state index contributed by atoms with van der Waals surface area (Å²) in [7, 11) is 0. The first-order valence-electron chi connectivity index (χ1n) is 7.34. The molecule has 4 heteroatoms. The van der Waals surface area contributed by atoms with E-state index in [0.717, 1.165) is 11.1 Å². The molecule has 1 aliphatic heterocycles. The van der Waals surface area contributed by atoms with E-state index in [-0.39, 0.29) is 17.8 Å². The number of ether oxygens (including phenoxy) is 1. The summed E-state index contributed by atoms with van der Waals surface area (Å²) in [5.74, 6) is -0.205. The van der Waals surface area contributed by atoms with Crippen molar-refractivity contribution in [1.82, 2.24) is 4.90 Å². The highest BCUT2D eigenvalue weighted by Crippen LogP contribution is 2.18. The van der Waals surface area contributed by atoms with E-state index < -0.39 is 0 Å². The minimum Gasteiger partial charge on any atom is -0.370 e. The third-order valence-electron chi connectivity index (χ3n) is 3.83. The second-order valence-corrected chi connectivity index (χ2v) is 5.64. The molecule has 0 spiro atoms. The minimum absolute atomic E-state index is 0.0432. The predicted octanol–water partition coefficient (Wildman–Crippen LogP) is 3.18. The van der Waals surface area contributed by atoms with Gasteiger partial charge in [-0.3, -0.25) is 4.79 Å². The van der Waals surface area contributed by atoms with Crippen molar-refractivity contribution in [1.29, 1.82) is 0 Å². The van der Waals surface area contributed by atoms with Gasteiger partial charge in [-0.05, 0) is 36.8 Å². The second-order valence-electron chi connectivity index (χ2n) is 5.64. The lowest BCUT2D eigenvalue weighted by Gasteiger charge is -2.39. The molecule has 1 amide bonds. The maximum atomic E-state index is 12.8. The van der Waals surface area contributed by atoms with Crippen molar-refractivity contribution in [3.05, 3.63) is 71.0 Å². The summed E-state index contributed by atoms with van der Waals surface area (Å²) in [5, 5.41) is 0. The van der Waals surface area contributed by atoms with Crippen molar-refractivity contribution >= 4 is 5.91 Å². The molecule has 0 radical (unpaired) electrons. The zero-order valence-corrected chi connectivity index (χ0v) is 12.5. The number of amides is 1. The van der Waals surface area contributed by atoms with Crippen molar-refractivity contribution in [2.24, 2.45) is 0 Å². The van der Waals surface area contributed by atoms with Gasteiger partial charge in [0.15, 0.2) is 0 Å². The summed E-state index contributed by atoms with van der Waals surface area (Å²) in [4.78, 5) is 14.0. The topological polar surface area (TPSA) is 29.5 Å². The van der Waals surface area contributed by atoms with Crippen LogP contribution in [0.2, 0.25) is 0 Å². The van der Waals surface area contributed by atoms with Gasteiger partial charge < -0.3 is 9.64 Å². The van der Waals surface area contributed by atoms with Crippen LogP contribution in [0.3, 0.4) is 0 Å². The smallest absolute Gasteiger partial charge is 0.254 e. The molecule has 0 bridgehead atoms. The fraction of sp³-hybridized carbons (Fsp3) is 0.278. The number of likely N-dealkylation sites (tertiary alicyclic amines) is 1. The van der Waals surface area contributed by atoms with E-state index in [1.807, 2.05) is 31.2 Å². The van der Waals surface area contributed by atoms with Crippen molar-refractivity contribution in [3.8, 4) is 0 Å². The molecule has 1 saturated heterocycles. The van der Waals surface area contributed by atoms with Gasteiger partial charge in [0.25, 0.3) is 5.91 Å². The SMILES string of the molecule is Cc1ccc(C(=O)N2CC(OCc3ccc(F)cc3)C2)cc1. The number of benzene rings is 2. The molecule has 3 nitrogen and oxygen atoms in total. The molecule has 2 aromatic carbocycles. The number of carbonyl (C=O) groups excluding carboxylic acids is 1. The number of hydrogen-bond donors (Lipinski definition) is 0. The standard InChI is InChI=1S/C18H18FNO2/c1-13-2-6-15(7-3-13)18(21)20-10-17(11-20)22-12-14-4-8-16(19)9-5-14/h2-9,17H,10-12H2,1H3. The van der Waals surface area contributed by atoms with Crippen LogP contribution in [-0.4, -0.2) is 30.0 Å². The van der Waals surface area contributed by atoms with Crippen molar-refractivity contribution in [2.75, 3.05) is 13.1 Å². The van der Waals surface area contributed by atoms with Crippen LogP contribution in [0.4, 0.5) is 4.39 Å². The number of nitrogens with zero attached hydrogens (tertiary/aromatic N) is 1. The lowest BCUT2D eigenvalue weighted by atomic mass is 10.1. The Morgan fingerprint density at radius 2 is 1.77 bits per heavy atom. The van der Waals surface area contributed by atoms with Gasteiger partial charge in [-0.2, -0.15) is 0 Å². The van der Waals surface area contributed by atoms with Gasteiger partial charge >= 0.3 is 0 Å². The van der Waals surface area contributed by atoms with Crippen LogP contribution in [0.15, 0.2) is 48.5 Å². The summed E-state index contributed by atoms with van der Waals surface area (Å²) >= 11 is 0. The Hall–Kier alpha value is -2.20. The van der Waals surface area contributed by atoms with Crippen LogP contribution < -0.4 is 0 Å². The zero-order chi connectivity index (χ0) is 15.5. The van der Waals surface area contributed by atoms with E-state index in [2.05, 4.69) is 0 Å². The molecule has 1 heterocycles. The molecular weight excluding hydrogens is 281 g/mol. The molecule has 0 aliphatic carbocycles. The molecule has 3 rings (SSSR count). The number of carbonyl (C=O) groups is 1. The predicted molar refractivity (Wildman–Crippen MR) is 82.1 cm³/mol. The van der Waals surface area contributed by atoms with E-state index in [9.17, 15) is 9.18 Å². The molecule has 1 aliphatic rings. The average molecular weight is 299 g/mol. The molecular formula is C18H18FNO2. The number of aryl methyl sites for hydroxylation is 1. The third kappa shape index (κ3) is 3.34. The van der Waals surface area contributed by atoms with Crippen molar-refractivity contribution < 1.29 is 13.9 Å². The Labute approximate surface area is 129 Å². The van der Waals surface area contributed by atoms with Crippen molar-refractivity contribution in [3.63, 3.8) is 0 Å². The van der Waals surface area contributed by atoms with Crippen LogP contribution in [-0.2, 0) is 11.3 Å². The Bertz CT molecular complexity index is 646. The van der Waals surface area contributed by atoms with Crippen molar-refractivity contribution in [2.45, 2.75) is 19.6 Å². The summed E-state index contributed by atoms with van der Waals surface area (Å²) in [6.07, 6.45) is 0.0550. The van der Waals surface area contributed by atoms with Gasteiger partial charge in [-0.1, -0.05) is 29.8 Å². The summed E-state index contributed by atoms with van der Waals surface area (Å²) < 4.78 is 18.5. The second kappa shape index (κ2) is 6.28. The summed E-state index contributed by atoms with van der Waals surface area (Å²) in [5.41, 5.74) is 2.79. The maximum Gasteiger partial charge on any atom is 0.254 e. The monoisotopic (exact) mass is 299 g/mol. The van der Waals surface area contributed by atoms with Crippen LogP contribution >= 0.6 is 0 Å². The van der Waals surface area contributed by atoms with Gasteiger partial charge in [0.1, 0.15) is 5.82 Å². The highest BCUT2D eigenvalue weighted by molar-refractivity contribution is 5.94. The van der Waals surface area contributed by atoms with E-state index in [4.69, 9.17) is 4.74 Å². The van der Waals surface area contributed by atoms with Gasteiger partial charge in [-0.25, -0.2) is 4.39 Å². The fourth-order valence-electron chi connectivity index (χ4n) is 2.38. The number of rotatable bonds is 4. The first kappa shape index (κ1) is 14.7. The molecule has 2 aromatic rings. The molecule has 0 saturated carbocycles. The molecule has 0 aromatic heterocycles. The lowest BCUT2D eigenvalue weighted by Crippen LogP contribution is -2.54. The van der Waals surface area contributed by atoms with Gasteiger partial charge in [0.2, 0.25) is 0 Å². The largest absolute Gasteiger partial charge is 0.370 e. The normalized spacial score (nSPS) is 14.7. The maximum absolute atomic E-state index is 12.8. The fourth-order valence-corrected chi connectivity index (χ4v) is 2.38. The molecule has 0 atom stereocenters. The van der Waals surface area contributed by atoms with E-state index in [1.165, 1.54) is 12.1 Å². The highest BCUT2D eigenvalue weighted by atomic mass is 19.1. The van der Waals surface area contributed by atoms with Crippen LogP contribution in [0.1, 0.15) is 21.5 Å². The molecule has 0 unspecified atom stereocenters. The molecule has 114 valence electrons. The third-order valence-corrected chi connectivity index (χ3v) is 3.83. The van der Waals surface area contributed by atoms with Gasteiger partial charge in [-0.15, -0.1) is 0 Å². The van der Waals surface area contributed by atoms with Crippen LogP contribution in [0, 0.1) is 12.7 Å². The van der Waals surface area contributed by atoms with Crippen LogP contribution in [0.25, 0.3) is 0 Å². The Balaban J connectivity index is 1.46. The molecule has 1 fully saturated rings. The summed E-state index contributed by atoms with van der Waals surface area (Å²) in [6, 6.07) is 13.9. The minimum atomic E-state index is -0.248. The zero-order valence-electron chi connectivity index (χ0n) is 12.5. The first-order chi connectivity index (χ1) is 10.6. The van der Waals surface area contributed by atoms with Crippen LogP contribution in [0.5, 0.6) is 0 Å². The summed E-state index contributed by atoms with van der Waals surface area (Å²) in [6.45, 7) is 3.65. The Kier molecular flexibility index (Phi) is 4.20. The van der Waals surface area contributed by atoms with E-state index in [0.29, 0.717) is 25.3 Å². The van der Waals surface area contributed by atoms with E-state index >= 15 is 0 Å². The molecule has 22 heavy (non-hydrogen) atoms. The first-order valence-corrected chi connectivity index (χ1v) is 7.34. The molecule has 0 N–H and O–H groups in total. The van der Waals surface area contributed by atoms with E-state index in [1.54, 1.807) is 17.0 Å². The van der Waals surface area contributed by atoms with Gasteiger partial charge in [0, 0.05) is 18.7 Å². The van der Waals surface area contributed by atoms with Gasteiger partial charge in [0.05, 0.1) is 12.7 Å². The lowest BCUT2D eigenvalue weighted by molar-refractivity contribution is -0.0503. The Morgan fingerprint density at radius 1 is 1.14 bits per heavy atom. The average Bonchev–Trinajstić information content (AvgIpc) is 2.48. The Morgan fingerprint density at radius 3 is 2.41 bits per heavy atom. The number of halogens is 1.